The molecule has 0 saturated carbocycles. The summed E-state index contributed by atoms with van der Waals surface area (Å²) in [5.74, 6) is 1.13. The quantitative estimate of drug-likeness (QED) is 0.401. The largest absolute Gasteiger partial charge is 0.457 e. The minimum Gasteiger partial charge on any atom is -0.457 e. The average Bonchev–Trinajstić information content (AvgIpc) is 3.26. The number of aromatic nitrogens is 1. The number of nitrogens with zero attached hydrogens (tertiary/aromatic N) is 2. The molecule has 0 atom stereocenters. The number of carbonyl (C=O) groups excluding carboxylic acids is 1. The van der Waals surface area contributed by atoms with E-state index in [0.29, 0.717) is 38.7 Å². The van der Waals surface area contributed by atoms with Crippen LogP contribution in [0.5, 0.6) is 0 Å². The van der Waals surface area contributed by atoms with Crippen LogP contribution in [0.1, 0.15) is 11.5 Å². The topological polar surface area (TPSA) is 46.3 Å². The third-order valence-electron chi connectivity index (χ3n) is 4.23. The van der Waals surface area contributed by atoms with Crippen LogP contribution in [0.2, 0.25) is 5.02 Å². The average molecular weight is 427 g/mol. The minimum absolute atomic E-state index is 0.110. The Morgan fingerprint density at radius 3 is 2.75 bits per heavy atom. The monoisotopic (exact) mass is 426 g/mol. The van der Waals surface area contributed by atoms with E-state index in [9.17, 15) is 4.79 Å². The molecular formula is C21H15ClN2O2S2. The lowest BCUT2D eigenvalue weighted by molar-refractivity contribution is -0.122. The fourth-order valence-electron chi connectivity index (χ4n) is 2.83. The molecule has 1 amide bonds. The van der Waals surface area contributed by atoms with E-state index in [0.717, 1.165) is 11.3 Å². The highest BCUT2D eigenvalue weighted by Crippen LogP contribution is 2.34. The number of thioether (sulfide) groups is 1. The first-order valence-electron chi connectivity index (χ1n) is 8.62. The zero-order valence-electron chi connectivity index (χ0n) is 14.7. The number of halogens is 1. The van der Waals surface area contributed by atoms with Crippen LogP contribution < -0.4 is 0 Å². The van der Waals surface area contributed by atoms with Gasteiger partial charge in [-0.3, -0.25) is 14.7 Å². The lowest BCUT2D eigenvalue weighted by Gasteiger charge is -2.13. The van der Waals surface area contributed by atoms with Crippen LogP contribution in [-0.2, 0) is 11.2 Å². The van der Waals surface area contributed by atoms with Crippen molar-refractivity contribution in [1.82, 2.24) is 9.88 Å². The first-order chi connectivity index (χ1) is 13.6. The summed E-state index contributed by atoms with van der Waals surface area (Å²) in [4.78, 5) is 19.2. The number of furan rings is 1. The van der Waals surface area contributed by atoms with E-state index in [1.165, 1.54) is 11.8 Å². The highest BCUT2D eigenvalue weighted by molar-refractivity contribution is 8.26. The molecule has 1 saturated heterocycles. The van der Waals surface area contributed by atoms with Crippen molar-refractivity contribution in [3.05, 3.63) is 82.2 Å². The van der Waals surface area contributed by atoms with Gasteiger partial charge in [-0.05, 0) is 36.4 Å². The maximum absolute atomic E-state index is 12.7. The summed E-state index contributed by atoms with van der Waals surface area (Å²) in [6.45, 7) is 0.502. The van der Waals surface area contributed by atoms with Gasteiger partial charge in [0.25, 0.3) is 5.91 Å². The van der Waals surface area contributed by atoms with Crippen molar-refractivity contribution in [2.75, 3.05) is 6.54 Å². The Balaban J connectivity index is 1.49. The van der Waals surface area contributed by atoms with E-state index in [1.807, 2.05) is 54.6 Å². The molecule has 0 radical (unpaired) electrons. The van der Waals surface area contributed by atoms with Crippen LogP contribution in [0.25, 0.3) is 17.4 Å². The molecule has 140 valence electrons. The molecule has 7 heteroatoms. The number of thiocarbonyl (C=S) groups is 1. The molecule has 0 aliphatic carbocycles. The van der Waals surface area contributed by atoms with Crippen LogP contribution in [0.4, 0.5) is 0 Å². The molecule has 1 aliphatic rings. The van der Waals surface area contributed by atoms with Gasteiger partial charge in [0.1, 0.15) is 15.8 Å². The van der Waals surface area contributed by atoms with Gasteiger partial charge in [0.2, 0.25) is 0 Å². The molecule has 3 aromatic rings. The Kier molecular flexibility index (Phi) is 5.62. The van der Waals surface area contributed by atoms with E-state index in [2.05, 4.69) is 4.98 Å². The van der Waals surface area contributed by atoms with Gasteiger partial charge in [0, 0.05) is 36.5 Å². The number of pyridine rings is 1. The Hall–Kier alpha value is -2.41. The third kappa shape index (κ3) is 4.04. The van der Waals surface area contributed by atoms with Crippen molar-refractivity contribution in [1.29, 1.82) is 0 Å². The molecule has 0 N–H and O–H groups in total. The normalized spacial score (nSPS) is 15.6. The van der Waals surface area contributed by atoms with Crippen LogP contribution in [0.15, 0.2) is 70.1 Å². The Morgan fingerprint density at radius 1 is 1.14 bits per heavy atom. The summed E-state index contributed by atoms with van der Waals surface area (Å²) in [6, 6.07) is 16.9. The molecule has 4 nitrogen and oxygen atoms in total. The van der Waals surface area contributed by atoms with Gasteiger partial charge >= 0.3 is 0 Å². The van der Waals surface area contributed by atoms with Gasteiger partial charge in [-0.15, -0.1) is 0 Å². The van der Waals surface area contributed by atoms with Crippen molar-refractivity contribution < 1.29 is 9.21 Å². The number of carbonyl (C=O) groups is 1. The zero-order valence-corrected chi connectivity index (χ0v) is 17.1. The first kappa shape index (κ1) is 18.9. The predicted octanol–water partition coefficient (Wildman–Crippen LogP) is 5.44. The molecule has 0 unspecified atom stereocenters. The molecule has 0 spiro atoms. The summed E-state index contributed by atoms with van der Waals surface area (Å²) in [6.07, 6.45) is 4.12. The molecule has 0 bridgehead atoms. The van der Waals surface area contributed by atoms with Crippen molar-refractivity contribution in [3.63, 3.8) is 0 Å². The van der Waals surface area contributed by atoms with Crippen LogP contribution in [0, 0.1) is 0 Å². The Bertz CT molecular complexity index is 1060. The summed E-state index contributed by atoms with van der Waals surface area (Å²) in [5.41, 5.74) is 1.74. The highest BCUT2D eigenvalue weighted by atomic mass is 35.5. The summed E-state index contributed by atoms with van der Waals surface area (Å²) in [7, 11) is 0. The second-order valence-corrected chi connectivity index (χ2v) is 8.17. The lowest BCUT2D eigenvalue weighted by atomic mass is 10.2. The van der Waals surface area contributed by atoms with Crippen LogP contribution in [0.3, 0.4) is 0 Å². The maximum atomic E-state index is 12.7. The fraction of sp³-hybridized carbons (Fsp3) is 0.0952. The SMILES string of the molecule is O=C1/C(=C/c2ccc(-c3ccccc3Cl)o2)SC(=S)N1CCc1ccccn1. The second kappa shape index (κ2) is 8.31. The van der Waals surface area contributed by atoms with Gasteiger partial charge in [-0.1, -0.05) is 53.8 Å². The number of rotatable bonds is 5. The zero-order chi connectivity index (χ0) is 19.5. The van der Waals surface area contributed by atoms with Gasteiger partial charge in [-0.25, -0.2) is 0 Å². The lowest BCUT2D eigenvalue weighted by Crippen LogP contribution is -2.30. The standard InChI is InChI=1S/C21H15ClN2O2S2/c22-17-7-2-1-6-16(17)18-9-8-15(26-18)13-19-20(25)24(21(27)28-19)12-10-14-5-3-4-11-23-14/h1-9,11,13H,10,12H2/b19-13-. The van der Waals surface area contributed by atoms with Gasteiger partial charge < -0.3 is 4.42 Å². The summed E-state index contributed by atoms with van der Waals surface area (Å²) < 4.78 is 6.41. The molecule has 1 aromatic carbocycles. The van der Waals surface area contributed by atoms with Crippen molar-refractivity contribution in [3.8, 4) is 11.3 Å². The smallest absolute Gasteiger partial charge is 0.266 e. The van der Waals surface area contributed by atoms with Crippen molar-refractivity contribution in [2.45, 2.75) is 6.42 Å². The van der Waals surface area contributed by atoms with Gasteiger partial charge in [0.15, 0.2) is 0 Å². The molecule has 1 fully saturated rings. The molecule has 4 rings (SSSR count). The van der Waals surface area contributed by atoms with Crippen LogP contribution >= 0.6 is 35.6 Å². The van der Waals surface area contributed by atoms with Gasteiger partial charge in [-0.2, -0.15) is 0 Å². The van der Waals surface area contributed by atoms with E-state index in [1.54, 1.807) is 17.2 Å². The molecular weight excluding hydrogens is 412 g/mol. The fourth-order valence-corrected chi connectivity index (χ4v) is 4.35. The molecule has 2 aromatic heterocycles. The second-order valence-electron chi connectivity index (χ2n) is 6.09. The van der Waals surface area contributed by atoms with E-state index in [4.69, 9.17) is 28.2 Å². The molecule has 1 aliphatic heterocycles. The van der Waals surface area contributed by atoms with Crippen molar-refractivity contribution in [2.24, 2.45) is 0 Å². The van der Waals surface area contributed by atoms with Gasteiger partial charge in [0.05, 0.1) is 9.93 Å². The Morgan fingerprint density at radius 2 is 1.96 bits per heavy atom. The highest BCUT2D eigenvalue weighted by Gasteiger charge is 2.32. The number of hydrogen-bond acceptors (Lipinski definition) is 5. The molecule has 28 heavy (non-hydrogen) atoms. The van der Waals surface area contributed by atoms with Crippen LogP contribution in [-0.4, -0.2) is 26.7 Å². The summed E-state index contributed by atoms with van der Waals surface area (Å²) in [5, 5.41) is 0.615. The number of benzene rings is 1. The summed E-state index contributed by atoms with van der Waals surface area (Å²) >= 11 is 12.9. The third-order valence-corrected chi connectivity index (χ3v) is 5.94. The van der Waals surface area contributed by atoms with E-state index in [-0.39, 0.29) is 5.91 Å². The minimum atomic E-state index is -0.110. The van der Waals surface area contributed by atoms with E-state index >= 15 is 0 Å². The number of hydrogen-bond donors (Lipinski definition) is 0. The van der Waals surface area contributed by atoms with E-state index < -0.39 is 0 Å². The predicted molar refractivity (Wildman–Crippen MR) is 117 cm³/mol. The molecule has 3 heterocycles. The first-order valence-corrected chi connectivity index (χ1v) is 10.2. The Labute approximate surface area is 177 Å². The number of amides is 1. The maximum Gasteiger partial charge on any atom is 0.266 e. The van der Waals surface area contributed by atoms with Crippen molar-refractivity contribution >= 4 is 51.9 Å².